The summed E-state index contributed by atoms with van der Waals surface area (Å²) in [7, 11) is -0.938. The Hall–Kier alpha value is -1.97. The Balaban J connectivity index is 1.52. The molecule has 0 aliphatic carbocycles. The molecule has 1 aromatic heterocycles. The van der Waals surface area contributed by atoms with E-state index in [1.165, 1.54) is 6.26 Å². The van der Waals surface area contributed by atoms with Gasteiger partial charge < -0.3 is 15.1 Å². The van der Waals surface area contributed by atoms with Gasteiger partial charge in [0, 0.05) is 50.3 Å². The molecule has 2 aromatic rings. The fourth-order valence-electron chi connectivity index (χ4n) is 4.17. The third-order valence-electron chi connectivity index (χ3n) is 5.91. The Morgan fingerprint density at radius 2 is 1.86 bits per heavy atom. The van der Waals surface area contributed by atoms with Crippen LogP contribution in [0.4, 0.5) is 11.6 Å². The van der Waals surface area contributed by atoms with E-state index in [0.29, 0.717) is 19.0 Å². The first-order valence-corrected chi connectivity index (χ1v) is 12.2. The summed E-state index contributed by atoms with van der Waals surface area (Å²) in [6.07, 6.45) is 5.81. The van der Waals surface area contributed by atoms with E-state index in [1.807, 2.05) is 6.20 Å². The Morgan fingerprint density at radius 3 is 2.62 bits per heavy atom. The number of nitrogens with one attached hydrogen (secondary N) is 1. The highest BCUT2D eigenvalue weighted by atomic mass is 32.2. The first-order valence-electron chi connectivity index (χ1n) is 10.3. The molecule has 3 heterocycles. The summed E-state index contributed by atoms with van der Waals surface area (Å²) in [5.41, 5.74) is 2.14. The molecule has 9 heteroatoms. The minimum Gasteiger partial charge on any atom is -0.368 e. The van der Waals surface area contributed by atoms with Gasteiger partial charge in [-0.05, 0) is 38.9 Å². The van der Waals surface area contributed by atoms with Crippen LogP contribution < -0.4 is 10.2 Å². The van der Waals surface area contributed by atoms with Crippen LogP contribution in [0.15, 0.2) is 24.4 Å². The van der Waals surface area contributed by atoms with E-state index in [0.717, 1.165) is 62.0 Å². The van der Waals surface area contributed by atoms with Crippen molar-refractivity contribution in [1.29, 1.82) is 0 Å². The largest absolute Gasteiger partial charge is 0.368 e. The first kappa shape index (κ1) is 20.3. The molecule has 0 saturated carbocycles. The number of aromatic nitrogens is 2. The van der Waals surface area contributed by atoms with Crippen molar-refractivity contribution in [2.24, 2.45) is 0 Å². The third kappa shape index (κ3) is 4.79. The van der Waals surface area contributed by atoms with Crippen molar-refractivity contribution < 1.29 is 8.42 Å². The van der Waals surface area contributed by atoms with Crippen LogP contribution in [-0.4, -0.2) is 86.2 Å². The van der Waals surface area contributed by atoms with E-state index in [9.17, 15) is 8.42 Å². The molecule has 0 radical (unpaired) electrons. The Kier molecular flexibility index (Phi) is 5.89. The van der Waals surface area contributed by atoms with Gasteiger partial charge in [-0.2, -0.15) is 0 Å². The average Bonchev–Trinajstić information content (AvgIpc) is 2.92. The number of fused-ring (bicyclic) bond motifs is 1. The maximum atomic E-state index is 11.7. The number of piperidine rings is 1. The summed E-state index contributed by atoms with van der Waals surface area (Å²) in [5, 5.41) is 4.46. The molecule has 1 aromatic carbocycles. The quantitative estimate of drug-likeness (QED) is 0.808. The molecule has 29 heavy (non-hydrogen) atoms. The predicted octanol–water partition coefficient (Wildman–Crippen LogP) is 1.61. The van der Waals surface area contributed by atoms with E-state index in [-0.39, 0.29) is 6.04 Å². The molecular weight excluding hydrogens is 388 g/mol. The molecule has 2 saturated heterocycles. The zero-order chi connectivity index (χ0) is 20.4. The van der Waals surface area contributed by atoms with Crippen LogP contribution in [0.1, 0.15) is 19.3 Å². The smallest absolute Gasteiger partial charge is 0.223 e. The SMILES string of the molecule is CN1CCCN(c2cccc3cnc(NC4CCN(S(C)(=O)=O)CC4)nc23)CC1. The van der Waals surface area contributed by atoms with E-state index in [4.69, 9.17) is 4.98 Å². The van der Waals surface area contributed by atoms with E-state index < -0.39 is 10.0 Å². The number of benzene rings is 1. The molecule has 0 amide bonds. The van der Waals surface area contributed by atoms with Crippen LogP contribution in [0.25, 0.3) is 10.9 Å². The van der Waals surface area contributed by atoms with Crippen LogP contribution in [0.2, 0.25) is 0 Å². The van der Waals surface area contributed by atoms with Crippen molar-refractivity contribution in [2.75, 3.05) is 62.8 Å². The zero-order valence-corrected chi connectivity index (χ0v) is 18.0. The molecule has 0 spiro atoms. The molecule has 0 atom stereocenters. The minimum absolute atomic E-state index is 0.185. The topological polar surface area (TPSA) is 81.7 Å². The van der Waals surface area contributed by atoms with Gasteiger partial charge in [-0.15, -0.1) is 0 Å². The van der Waals surface area contributed by atoms with E-state index >= 15 is 0 Å². The number of nitrogens with zero attached hydrogens (tertiary/aromatic N) is 5. The summed E-state index contributed by atoms with van der Waals surface area (Å²) < 4.78 is 24.9. The van der Waals surface area contributed by atoms with E-state index in [2.05, 4.69) is 45.3 Å². The normalized spacial score (nSPS) is 20.7. The van der Waals surface area contributed by atoms with Crippen molar-refractivity contribution >= 4 is 32.6 Å². The minimum atomic E-state index is -3.11. The number of hydrogen-bond acceptors (Lipinski definition) is 7. The number of rotatable bonds is 4. The lowest BCUT2D eigenvalue weighted by atomic mass is 10.1. The van der Waals surface area contributed by atoms with Crippen molar-refractivity contribution in [3.63, 3.8) is 0 Å². The van der Waals surface area contributed by atoms with Crippen LogP contribution in [0, 0.1) is 0 Å². The highest BCUT2D eigenvalue weighted by Crippen LogP contribution is 2.27. The number of sulfonamides is 1. The molecular formula is C20H30N6O2S. The summed E-state index contributed by atoms with van der Waals surface area (Å²) in [5.74, 6) is 0.620. The van der Waals surface area contributed by atoms with Crippen LogP contribution in [0.3, 0.4) is 0 Å². The molecule has 1 N–H and O–H groups in total. The Morgan fingerprint density at radius 1 is 1.07 bits per heavy atom. The number of hydrogen-bond donors (Lipinski definition) is 1. The lowest BCUT2D eigenvalue weighted by Gasteiger charge is -2.30. The molecule has 2 aliphatic heterocycles. The van der Waals surface area contributed by atoms with Crippen molar-refractivity contribution in [2.45, 2.75) is 25.3 Å². The van der Waals surface area contributed by atoms with Crippen LogP contribution in [0.5, 0.6) is 0 Å². The Labute approximate surface area is 173 Å². The van der Waals surface area contributed by atoms with Crippen LogP contribution in [-0.2, 0) is 10.0 Å². The van der Waals surface area contributed by atoms with Gasteiger partial charge in [0.05, 0.1) is 17.5 Å². The summed E-state index contributed by atoms with van der Waals surface area (Å²) >= 11 is 0. The molecule has 2 fully saturated rings. The van der Waals surface area contributed by atoms with Gasteiger partial charge in [-0.3, -0.25) is 0 Å². The molecule has 8 nitrogen and oxygen atoms in total. The summed E-state index contributed by atoms with van der Waals surface area (Å²) in [6, 6.07) is 6.46. The first-order chi connectivity index (χ1) is 13.9. The average molecular weight is 419 g/mol. The van der Waals surface area contributed by atoms with Gasteiger partial charge in [-0.1, -0.05) is 12.1 Å². The van der Waals surface area contributed by atoms with E-state index in [1.54, 1.807) is 4.31 Å². The predicted molar refractivity (Wildman–Crippen MR) is 117 cm³/mol. The van der Waals surface area contributed by atoms with Gasteiger partial charge in [0.15, 0.2) is 0 Å². The molecule has 158 valence electrons. The van der Waals surface area contributed by atoms with Gasteiger partial charge >= 0.3 is 0 Å². The highest BCUT2D eigenvalue weighted by molar-refractivity contribution is 7.88. The van der Waals surface area contributed by atoms with Crippen molar-refractivity contribution in [1.82, 2.24) is 19.2 Å². The van der Waals surface area contributed by atoms with Gasteiger partial charge in [0.25, 0.3) is 0 Å². The van der Waals surface area contributed by atoms with Gasteiger partial charge in [0.1, 0.15) is 0 Å². The lowest BCUT2D eigenvalue weighted by Crippen LogP contribution is -2.42. The fourth-order valence-corrected chi connectivity index (χ4v) is 5.04. The second-order valence-corrected chi connectivity index (χ2v) is 10.1. The highest BCUT2D eigenvalue weighted by Gasteiger charge is 2.25. The molecule has 4 rings (SSSR count). The molecule has 0 bridgehead atoms. The third-order valence-corrected chi connectivity index (χ3v) is 7.21. The number of anilines is 2. The van der Waals surface area contributed by atoms with Gasteiger partial charge in [0.2, 0.25) is 16.0 Å². The van der Waals surface area contributed by atoms with Crippen molar-refractivity contribution in [3.8, 4) is 0 Å². The maximum Gasteiger partial charge on any atom is 0.223 e. The zero-order valence-electron chi connectivity index (χ0n) is 17.2. The summed E-state index contributed by atoms with van der Waals surface area (Å²) in [4.78, 5) is 14.2. The summed E-state index contributed by atoms with van der Waals surface area (Å²) in [6.45, 7) is 5.26. The monoisotopic (exact) mass is 418 g/mol. The van der Waals surface area contributed by atoms with Gasteiger partial charge in [-0.25, -0.2) is 22.7 Å². The second-order valence-electron chi connectivity index (χ2n) is 8.13. The standard InChI is InChI=1S/C20H30N6O2S/c1-24-9-4-10-25(14-13-24)18-6-3-5-16-15-21-20(23-19(16)18)22-17-7-11-26(12-8-17)29(2,27)28/h3,5-6,15,17H,4,7-14H2,1-2H3,(H,21,22,23). The second kappa shape index (κ2) is 8.41. The fraction of sp³-hybridized carbons (Fsp3) is 0.600. The maximum absolute atomic E-state index is 11.7. The van der Waals surface area contributed by atoms with Crippen molar-refractivity contribution in [3.05, 3.63) is 24.4 Å². The number of likely N-dealkylation sites (N-methyl/N-ethyl adjacent to an activating group) is 1. The Bertz CT molecular complexity index is 959. The lowest BCUT2D eigenvalue weighted by molar-refractivity contribution is 0.331. The molecule has 0 unspecified atom stereocenters. The van der Waals surface area contributed by atoms with Crippen LogP contribution >= 0.6 is 0 Å². The molecule has 2 aliphatic rings. The number of para-hydroxylation sites is 1.